The molecule has 1 aliphatic rings. The fourth-order valence-electron chi connectivity index (χ4n) is 2.50. The number of ether oxygens (including phenoxy) is 1. The molecule has 118 valence electrons. The van der Waals surface area contributed by atoms with E-state index in [4.69, 9.17) is 4.74 Å². The minimum Gasteiger partial charge on any atom is -0.381 e. The van der Waals surface area contributed by atoms with Crippen LogP contribution in [0.5, 0.6) is 0 Å². The molecule has 2 heterocycles. The van der Waals surface area contributed by atoms with Crippen LogP contribution in [0.1, 0.15) is 33.1 Å². The van der Waals surface area contributed by atoms with E-state index in [-0.39, 0.29) is 0 Å². The van der Waals surface area contributed by atoms with E-state index in [0.717, 1.165) is 55.8 Å². The van der Waals surface area contributed by atoms with Crippen LogP contribution >= 0.6 is 11.8 Å². The van der Waals surface area contributed by atoms with Gasteiger partial charge in [-0.25, -0.2) is 9.97 Å². The molecule has 0 aliphatic carbocycles. The molecular weight excluding hydrogens is 284 g/mol. The van der Waals surface area contributed by atoms with Crippen LogP contribution in [0.15, 0.2) is 11.2 Å². The van der Waals surface area contributed by atoms with Crippen molar-refractivity contribution in [3.05, 3.63) is 6.07 Å². The highest BCUT2D eigenvalue weighted by Crippen LogP contribution is 2.23. The van der Waals surface area contributed by atoms with E-state index < -0.39 is 0 Å². The zero-order valence-electron chi connectivity index (χ0n) is 13.2. The van der Waals surface area contributed by atoms with Gasteiger partial charge in [0.2, 0.25) is 0 Å². The van der Waals surface area contributed by atoms with Crippen molar-refractivity contribution < 1.29 is 4.74 Å². The van der Waals surface area contributed by atoms with Crippen molar-refractivity contribution in [2.45, 2.75) is 44.3 Å². The molecule has 0 amide bonds. The van der Waals surface area contributed by atoms with E-state index in [1.807, 2.05) is 12.3 Å². The highest BCUT2D eigenvalue weighted by Gasteiger charge is 2.21. The maximum absolute atomic E-state index is 5.43. The third-order valence-electron chi connectivity index (χ3n) is 3.79. The molecule has 1 aromatic rings. The Kier molecular flexibility index (Phi) is 6.57. The van der Waals surface area contributed by atoms with Gasteiger partial charge in [-0.3, -0.25) is 0 Å². The molecule has 1 unspecified atom stereocenters. The predicted molar refractivity (Wildman–Crippen MR) is 89.2 cm³/mol. The van der Waals surface area contributed by atoms with E-state index in [2.05, 4.69) is 34.4 Å². The quantitative estimate of drug-likeness (QED) is 0.595. The van der Waals surface area contributed by atoms with Crippen LogP contribution in [0.4, 0.5) is 11.6 Å². The summed E-state index contributed by atoms with van der Waals surface area (Å²) in [6.45, 7) is 7.06. The van der Waals surface area contributed by atoms with Gasteiger partial charge in [-0.15, -0.1) is 0 Å². The predicted octanol–water partition coefficient (Wildman–Crippen LogP) is 3.25. The summed E-state index contributed by atoms with van der Waals surface area (Å²) in [6, 6.07) is 2.41. The summed E-state index contributed by atoms with van der Waals surface area (Å²) in [5.41, 5.74) is 0. The smallest absolute Gasteiger partial charge is 0.191 e. The van der Waals surface area contributed by atoms with E-state index in [9.17, 15) is 0 Å². The summed E-state index contributed by atoms with van der Waals surface area (Å²) >= 11 is 1.57. The normalized spacial score (nSPS) is 17.5. The number of aromatic nitrogens is 2. The summed E-state index contributed by atoms with van der Waals surface area (Å²) in [7, 11) is 0. The average Bonchev–Trinajstić information content (AvgIpc) is 2.53. The van der Waals surface area contributed by atoms with E-state index in [1.54, 1.807) is 11.8 Å². The molecule has 21 heavy (non-hydrogen) atoms. The van der Waals surface area contributed by atoms with Crippen molar-refractivity contribution in [1.82, 2.24) is 9.97 Å². The zero-order chi connectivity index (χ0) is 15.1. The average molecular weight is 310 g/mol. The third-order valence-corrected chi connectivity index (χ3v) is 4.34. The topological polar surface area (TPSA) is 59.1 Å². The Morgan fingerprint density at radius 1 is 1.33 bits per heavy atom. The Hall–Kier alpha value is -1.01. The van der Waals surface area contributed by atoms with Crippen LogP contribution in [0.25, 0.3) is 0 Å². The van der Waals surface area contributed by atoms with E-state index >= 15 is 0 Å². The molecule has 5 nitrogen and oxygen atoms in total. The van der Waals surface area contributed by atoms with Crippen molar-refractivity contribution in [3.8, 4) is 0 Å². The van der Waals surface area contributed by atoms with Gasteiger partial charge < -0.3 is 15.4 Å². The third kappa shape index (κ3) is 5.04. The highest BCUT2D eigenvalue weighted by molar-refractivity contribution is 7.98. The van der Waals surface area contributed by atoms with Crippen molar-refractivity contribution in [1.29, 1.82) is 0 Å². The molecule has 0 aromatic carbocycles. The van der Waals surface area contributed by atoms with Crippen LogP contribution < -0.4 is 10.6 Å². The number of hydrogen-bond donors (Lipinski definition) is 2. The minimum atomic E-state index is 0.400. The van der Waals surface area contributed by atoms with Gasteiger partial charge in [0.25, 0.3) is 0 Å². The first-order chi connectivity index (χ1) is 10.2. The molecule has 0 saturated carbocycles. The summed E-state index contributed by atoms with van der Waals surface area (Å²) in [6.07, 6.45) is 5.33. The lowest BCUT2D eigenvalue weighted by Crippen LogP contribution is -2.31. The lowest BCUT2D eigenvalue weighted by atomic mass is 9.93. The van der Waals surface area contributed by atoms with Gasteiger partial charge in [-0.05, 0) is 38.4 Å². The first-order valence-corrected chi connectivity index (χ1v) is 8.96. The minimum absolute atomic E-state index is 0.400. The van der Waals surface area contributed by atoms with E-state index in [1.165, 1.54) is 0 Å². The van der Waals surface area contributed by atoms with Gasteiger partial charge in [0.15, 0.2) is 5.16 Å². The van der Waals surface area contributed by atoms with Gasteiger partial charge in [-0.1, -0.05) is 18.7 Å². The molecular formula is C15H26N4OS. The maximum atomic E-state index is 5.43. The largest absolute Gasteiger partial charge is 0.381 e. The van der Waals surface area contributed by atoms with Gasteiger partial charge in [0, 0.05) is 31.9 Å². The Bertz CT molecular complexity index is 438. The molecule has 1 aromatic heterocycles. The molecule has 1 aliphatic heterocycles. The molecule has 1 atom stereocenters. The molecule has 2 rings (SSSR count). The van der Waals surface area contributed by atoms with Crippen LogP contribution in [0.3, 0.4) is 0 Å². The van der Waals surface area contributed by atoms with Gasteiger partial charge in [0.1, 0.15) is 11.6 Å². The number of anilines is 2. The fourth-order valence-corrected chi connectivity index (χ4v) is 2.88. The molecule has 0 bridgehead atoms. The molecule has 0 radical (unpaired) electrons. The fraction of sp³-hybridized carbons (Fsp3) is 0.733. The first-order valence-electron chi connectivity index (χ1n) is 7.74. The van der Waals surface area contributed by atoms with Crippen LogP contribution in [0.2, 0.25) is 0 Å². The second-order valence-corrected chi connectivity index (χ2v) is 6.21. The SMILES string of the molecule is CCCNc1cc(NC(C)C2CCOCC2)nc(SC)n1. The van der Waals surface area contributed by atoms with Crippen LogP contribution in [0, 0.1) is 5.92 Å². The first kappa shape index (κ1) is 16.4. The Morgan fingerprint density at radius 3 is 2.71 bits per heavy atom. The highest BCUT2D eigenvalue weighted by atomic mass is 32.2. The van der Waals surface area contributed by atoms with Crippen molar-refractivity contribution in [3.63, 3.8) is 0 Å². The van der Waals surface area contributed by atoms with Gasteiger partial charge >= 0.3 is 0 Å². The molecule has 0 spiro atoms. The monoisotopic (exact) mass is 310 g/mol. The number of thioether (sulfide) groups is 1. The Labute approximate surface area is 131 Å². The summed E-state index contributed by atoms with van der Waals surface area (Å²) < 4.78 is 5.43. The standard InChI is InChI=1S/C15H26N4OS/c1-4-7-16-13-10-14(19-15(18-13)21-3)17-11(2)12-5-8-20-9-6-12/h10-12H,4-9H2,1-3H3,(H2,16,17,18,19). The van der Waals surface area contributed by atoms with Crippen LogP contribution in [-0.4, -0.2) is 42.0 Å². The van der Waals surface area contributed by atoms with Crippen LogP contribution in [-0.2, 0) is 4.74 Å². The number of nitrogens with one attached hydrogen (secondary N) is 2. The van der Waals surface area contributed by atoms with E-state index in [0.29, 0.717) is 12.0 Å². The second kappa shape index (κ2) is 8.44. The summed E-state index contributed by atoms with van der Waals surface area (Å²) in [5, 5.41) is 7.68. The second-order valence-electron chi connectivity index (χ2n) is 5.43. The Balaban J connectivity index is 2.03. The number of nitrogens with zero attached hydrogens (tertiary/aromatic N) is 2. The molecule has 2 N–H and O–H groups in total. The number of rotatable bonds is 7. The Morgan fingerprint density at radius 2 is 2.05 bits per heavy atom. The lowest BCUT2D eigenvalue weighted by Gasteiger charge is -2.28. The van der Waals surface area contributed by atoms with Crippen molar-refractivity contribution in [2.75, 3.05) is 36.6 Å². The maximum Gasteiger partial charge on any atom is 0.191 e. The zero-order valence-corrected chi connectivity index (χ0v) is 14.0. The molecule has 1 saturated heterocycles. The molecule has 1 fully saturated rings. The van der Waals surface area contributed by atoms with Crippen molar-refractivity contribution in [2.24, 2.45) is 5.92 Å². The van der Waals surface area contributed by atoms with Crippen molar-refractivity contribution >= 4 is 23.4 Å². The summed E-state index contributed by atoms with van der Waals surface area (Å²) in [4.78, 5) is 9.05. The summed E-state index contributed by atoms with van der Waals surface area (Å²) in [5.74, 6) is 2.46. The molecule has 6 heteroatoms. The lowest BCUT2D eigenvalue weighted by molar-refractivity contribution is 0.0622. The van der Waals surface area contributed by atoms with Gasteiger partial charge in [0.05, 0.1) is 0 Å². The van der Waals surface area contributed by atoms with Gasteiger partial charge in [-0.2, -0.15) is 0 Å². The number of hydrogen-bond acceptors (Lipinski definition) is 6.